The highest BCUT2D eigenvalue weighted by molar-refractivity contribution is 5.95. The standard InChI is InChI=1S/C19H22FNO3/c1-19(24,10-3-11-22)13-21-18(23)16-5-2-4-15(12-16)14-6-8-17(20)9-7-14/h2,4-9,12,22,24H,3,10-11,13H2,1H3,(H,21,23). The molecule has 0 fully saturated rings. The Balaban J connectivity index is 2.05. The summed E-state index contributed by atoms with van der Waals surface area (Å²) in [5.41, 5.74) is 1.04. The average molecular weight is 331 g/mol. The zero-order chi connectivity index (χ0) is 17.6. The number of benzene rings is 2. The summed E-state index contributed by atoms with van der Waals surface area (Å²) in [5.74, 6) is -0.596. The summed E-state index contributed by atoms with van der Waals surface area (Å²) in [5, 5.41) is 21.7. The zero-order valence-corrected chi connectivity index (χ0v) is 13.6. The molecule has 4 nitrogen and oxygen atoms in total. The highest BCUT2D eigenvalue weighted by Gasteiger charge is 2.21. The summed E-state index contributed by atoms with van der Waals surface area (Å²) in [7, 11) is 0. The van der Waals surface area contributed by atoms with Gasteiger partial charge in [0.2, 0.25) is 0 Å². The maximum absolute atomic E-state index is 13.0. The van der Waals surface area contributed by atoms with E-state index in [0.29, 0.717) is 18.4 Å². The Labute approximate surface area is 141 Å². The van der Waals surface area contributed by atoms with Gasteiger partial charge in [0.15, 0.2) is 0 Å². The molecule has 1 atom stereocenters. The summed E-state index contributed by atoms with van der Waals surface area (Å²) >= 11 is 0. The molecule has 0 saturated carbocycles. The van der Waals surface area contributed by atoms with Gasteiger partial charge in [0, 0.05) is 18.7 Å². The molecule has 3 N–H and O–H groups in total. The number of hydrogen-bond acceptors (Lipinski definition) is 3. The minimum atomic E-state index is -1.06. The third kappa shape index (κ3) is 5.15. The average Bonchev–Trinajstić information content (AvgIpc) is 2.59. The second kappa shape index (κ2) is 8.04. The second-order valence-electron chi connectivity index (χ2n) is 6.09. The van der Waals surface area contributed by atoms with Gasteiger partial charge in [0.1, 0.15) is 5.82 Å². The molecule has 2 rings (SSSR count). The molecule has 0 bridgehead atoms. The van der Waals surface area contributed by atoms with Crippen molar-refractivity contribution in [2.75, 3.05) is 13.2 Å². The van der Waals surface area contributed by atoms with Crippen LogP contribution in [0.1, 0.15) is 30.1 Å². The minimum absolute atomic E-state index is 0.00378. The topological polar surface area (TPSA) is 69.6 Å². The van der Waals surface area contributed by atoms with Crippen molar-refractivity contribution in [1.29, 1.82) is 0 Å². The number of halogens is 1. The van der Waals surface area contributed by atoms with E-state index < -0.39 is 5.60 Å². The van der Waals surface area contributed by atoms with Crippen molar-refractivity contribution in [3.63, 3.8) is 0 Å². The predicted octanol–water partition coefficient (Wildman–Crippen LogP) is 2.75. The SMILES string of the molecule is CC(O)(CCCO)CNC(=O)c1cccc(-c2ccc(F)cc2)c1. The third-order valence-corrected chi connectivity index (χ3v) is 3.81. The van der Waals surface area contributed by atoms with Crippen molar-refractivity contribution in [3.8, 4) is 11.1 Å². The molecule has 0 aromatic heterocycles. The minimum Gasteiger partial charge on any atom is -0.396 e. The fourth-order valence-corrected chi connectivity index (χ4v) is 2.40. The molecule has 2 aromatic carbocycles. The van der Waals surface area contributed by atoms with Crippen LogP contribution in [0.25, 0.3) is 11.1 Å². The molecule has 24 heavy (non-hydrogen) atoms. The van der Waals surface area contributed by atoms with Crippen LogP contribution in [0.4, 0.5) is 4.39 Å². The van der Waals surface area contributed by atoms with Gasteiger partial charge < -0.3 is 15.5 Å². The first kappa shape index (κ1) is 18.1. The van der Waals surface area contributed by atoms with Gasteiger partial charge in [-0.05, 0) is 55.2 Å². The zero-order valence-electron chi connectivity index (χ0n) is 13.6. The van der Waals surface area contributed by atoms with Crippen molar-refractivity contribution in [3.05, 3.63) is 59.9 Å². The van der Waals surface area contributed by atoms with E-state index in [0.717, 1.165) is 11.1 Å². The van der Waals surface area contributed by atoms with E-state index in [-0.39, 0.29) is 24.9 Å². The first-order chi connectivity index (χ1) is 11.4. The van der Waals surface area contributed by atoms with Gasteiger partial charge in [-0.1, -0.05) is 24.3 Å². The van der Waals surface area contributed by atoms with Crippen molar-refractivity contribution in [2.45, 2.75) is 25.4 Å². The molecule has 0 aliphatic rings. The van der Waals surface area contributed by atoms with Gasteiger partial charge >= 0.3 is 0 Å². The normalized spacial score (nSPS) is 13.3. The van der Waals surface area contributed by atoms with E-state index in [2.05, 4.69) is 5.32 Å². The van der Waals surface area contributed by atoms with Crippen molar-refractivity contribution in [2.24, 2.45) is 0 Å². The van der Waals surface area contributed by atoms with E-state index in [1.54, 1.807) is 37.3 Å². The third-order valence-electron chi connectivity index (χ3n) is 3.81. The molecular weight excluding hydrogens is 309 g/mol. The Morgan fingerprint density at radius 1 is 1.17 bits per heavy atom. The van der Waals surface area contributed by atoms with Crippen LogP contribution >= 0.6 is 0 Å². The highest BCUT2D eigenvalue weighted by Crippen LogP contribution is 2.21. The molecule has 2 aromatic rings. The number of nitrogens with one attached hydrogen (secondary N) is 1. The van der Waals surface area contributed by atoms with E-state index in [4.69, 9.17) is 5.11 Å². The Bertz CT molecular complexity index is 683. The van der Waals surface area contributed by atoms with Crippen molar-refractivity contribution >= 4 is 5.91 Å². The molecule has 0 radical (unpaired) electrons. The Morgan fingerprint density at radius 3 is 2.54 bits per heavy atom. The molecule has 128 valence electrons. The summed E-state index contributed by atoms with van der Waals surface area (Å²) in [4.78, 5) is 12.3. The number of carbonyl (C=O) groups is 1. The van der Waals surface area contributed by atoms with Gasteiger partial charge in [-0.3, -0.25) is 4.79 Å². The molecule has 0 saturated heterocycles. The number of aliphatic hydroxyl groups excluding tert-OH is 1. The van der Waals surface area contributed by atoms with Crippen LogP contribution in [0, 0.1) is 5.82 Å². The first-order valence-corrected chi connectivity index (χ1v) is 7.89. The van der Waals surface area contributed by atoms with Crippen LogP contribution in [0.2, 0.25) is 0 Å². The molecule has 0 aliphatic carbocycles. The summed E-state index contributed by atoms with van der Waals surface area (Å²) in [6.07, 6.45) is 0.877. The Morgan fingerprint density at radius 2 is 1.88 bits per heavy atom. The van der Waals surface area contributed by atoms with Gasteiger partial charge in [0.25, 0.3) is 5.91 Å². The van der Waals surface area contributed by atoms with Crippen LogP contribution in [0.5, 0.6) is 0 Å². The predicted molar refractivity (Wildman–Crippen MR) is 91.1 cm³/mol. The first-order valence-electron chi connectivity index (χ1n) is 7.89. The number of carbonyl (C=O) groups excluding carboxylic acids is 1. The van der Waals surface area contributed by atoms with Gasteiger partial charge in [0.05, 0.1) is 5.60 Å². The van der Waals surface area contributed by atoms with Crippen LogP contribution in [-0.2, 0) is 0 Å². The molecule has 1 amide bonds. The Hall–Kier alpha value is -2.24. The van der Waals surface area contributed by atoms with E-state index in [9.17, 15) is 14.3 Å². The largest absolute Gasteiger partial charge is 0.396 e. The fraction of sp³-hybridized carbons (Fsp3) is 0.316. The smallest absolute Gasteiger partial charge is 0.251 e. The van der Waals surface area contributed by atoms with E-state index >= 15 is 0 Å². The van der Waals surface area contributed by atoms with Gasteiger partial charge in [-0.25, -0.2) is 4.39 Å². The van der Waals surface area contributed by atoms with Crippen LogP contribution in [0.15, 0.2) is 48.5 Å². The highest BCUT2D eigenvalue weighted by atomic mass is 19.1. The van der Waals surface area contributed by atoms with Gasteiger partial charge in [-0.2, -0.15) is 0 Å². The lowest BCUT2D eigenvalue weighted by atomic mass is 10.00. The molecule has 0 heterocycles. The summed E-state index contributed by atoms with van der Waals surface area (Å²) in [6.45, 7) is 1.73. The summed E-state index contributed by atoms with van der Waals surface area (Å²) in [6, 6.07) is 13.1. The monoisotopic (exact) mass is 331 g/mol. The van der Waals surface area contributed by atoms with Gasteiger partial charge in [-0.15, -0.1) is 0 Å². The molecule has 0 aliphatic heterocycles. The molecular formula is C19H22FNO3. The molecule has 0 spiro atoms. The Kier molecular flexibility index (Phi) is 6.06. The van der Waals surface area contributed by atoms with Crippen LogP contribution in [-0.4, -0.2) is 34.9 Å². The lowest BCUT2D eigenvalue weighted by molar-refractivity contribution is 0.0415. The maximum atomic E-state index is 13.0. The maximum Gasteiger partial charge on any atom is 0.251 e. The number of rotatable bonds is 7. The van der Waals surface area contributed by atoms with E-state index in [1.165, 1.54) is 12.1 Å². The number of hydrogen-bond donors (Lipinski definition) is 3. The lowest BCUT2D eigenvalue weighted by Gasteiger charge is -2.23. The second-order valence-corrected chi connectivity index (χ2v) is 6.09. The number of amides is 1. The van der Waals surface area contributed by atoms with Crippen molar-refractivity contribution < 1.29 is 19.4 Å². The van der Waals surface area contributed by atoms with Crippen molar-refractivity contribution in [1.82, 2.24) is 5.32 Å². The summed E-state index contributed by atoms with van der Waals surface area (Å²) < 4.78 is 13.0. The number of aliphatic hydroxyl groups is 2. The quantitative estimate of drug-likeness (QED) is 0.731. The molecule has 5 heteroatoms. The lowest BCUT2D eigenvalue weighted by Crippen LogP contribution is -2.40. The van der Waals surface area contributed by atoms with Crippen LogP contribution in [0.3, 0.4) is 0 Å². The fourth-order valence-electron chi connectivity index (χ4n) is 2.40. The van der Waals surface area contributed by atoms with Crippen LogP contribution < -0.4 is 5.32 Å². The van der Waals surface area contributed by atoms with E-state index in [1.807, 2.05) is 6.07 Å². The molecule has 1 unspecified atom stereocenters.